The Morgan fingerprint density at radius 1 is 1.15 bits per heavy atom. The molecule has 0 amide bonds. The predicted octanol–water partition coefficient (Wildman–Crippen LogP) is 5.71. The fourth-order valence-corrected chi connectivity index (χ4v) is 3.91. The van der Waals surface area contributed by atoms with Crippen molar-refractivity contribution >= 4 is 15.9 Å². The van der Waals surface area contributed by atoms with Gasteiger partial charge in [-0.3, -0.25) is 0 Å². The minimum Gasteiger partial charge on any atom is -0.313 e. The second kappa shape index (κ2) is 8.19. The van der Waals surface area contributed by atoms with Crippen molar-refractivity contribution in [1.29, 1.82) is 0 Å². The van der Waals surface area contributed by atoms with Crippen molar-refractivity contribution in [2.24, 2.45) is 11.8 Å². The molecule has 1 fully saturated rings. The molecule has 112 valence electrons. The van der Waals surface area contributed by atoms with Crippen LogP contribution in [0.2, 0.25) is 0 Å². The van der Waals surface area contributed by atoms with E-state index < -0.39 is 0 Å². The zero-order valence-electron chi connectivity index (χ0n) is 12.9. The molecule has 0 saturated heterocycles. The molecule has 1 atom stereocenters. The second-order valence-electron chi connectivity index (χ2n) is 6.24. The largest absolute Gasteiger partial charge is 0.313 e. The number of rotatable bonds is 6. The molecule has 2 heteroatoms. The minimum atomic E-state index is 0.523. The van der Waals surface area contributed by atoms with Crippen LogP contribution in [0.3, 0.4) is 0 Å². The Kier molecular flexibility index (Phi) is 6.57. The Bertz CT molecular complexity index is 379. The van der Waals surface area contributed by atoms with Crippen molar-refractivity contribution in [3.05, 3.63) is 34.3 Å². The number of hydrogen-bond acceptors (Lipinski definition) is 1. The minimum absolute atomic E-state index is 0.523. The van der Waals surface area contributed by atoms with E-state index in [1.54, 1.807) is 0 Å². The Morgan fingerprint density at radius 3 is 2.35 bits per heavy atom. The van der Waals surface area contributed by atoms with Gasteiger partial charge in [0.15, 0.2) is 0 Å². The highest BCUT2D eigenvalue weighted by molar-refractivity contribution is 9.10. The summed E-state index contributed by atoms with van der Waals surface area (Å²) in [5, 5.41) is 3.55. The molecule has 0 aromatic heterocycles. The zero-order chi connectivity index (χ0) is 14.4. The van der Waals surface area contributed by atoms with E-state index in [-0.39, 0.29) is 0 Å². The highest BCUT2D eigenvalue weighted by Gasteiger charge is 2.27. The molecule has 1 aliphatic carbocycles. The lowest BCUT2D eigenvalue weighted by Crippen LogP contribution is -2.28. The molecule has 1 N–H and O–H groups in total. The molecule has 1 aromatic rings. The summed E-state index contributed by atoms with van der Waals surface area (Å²) in [6.45, 7) is 2.30. The lowest BCUT2D eigenvalue weighted by atomic mass is 9.75. The third-order valence-corrected chi connectivity index (χ3v) is 5.40. The van der Waals surface area contributed by atoms with Crippen LogP contribution in [0, 0.1) is 11.8 Å². The fourth-order valence-electron chi connectivity index (χ4n) is 3.65. The van der Waals surface area contributed by atoms with Crippen molar-refractivity contribution in [1.82, 2.24) is 5.32 Å². The molecule has 1 aromatic carbocycles. The number of benzene rings is 1. The molecule has 0 aliphatic heterocycles. The predicted molar refractivity (Wildman–Crippen MR) is 90.9 cm³/mol. The summed E-state index contributed by atoms with van der Waals surface area (Å²) in [6.07, 6.45) is 9.84. The first-order chi connectivity index (χ1) is 9.74. The van der Waals surface area contributed by atoms with Crippen LogP contribution < -0.4 is 5.32 Å². The topological polar surface area (TPSA) is 12.0 Å². The molecular formula is C18H28BrN. The average molecular weight is 338 g/mol. The normalized spacial score (nSPS) is 24.6. The smallest absolute Gasteiger partial charge is 0.0346 e. The van der Waals surface area contributed by atoms with Crippen molar-refractivity contribution in [3.63, 3.8) is 0 Å². The Morgan fingerprint density at radius 2 is 1.80 bits per heavy atom. The maximum Gasteiger partial charge on any atom is 0.0346 e. The molecule has 1 nitrogen and oxygen atoms in total. The van der Waals surface area contributed by atoms with Crippen LogP contribution in [-0.4, -0.2) is 7.05 Å². The lowest BCUT2D eigenvalue weighted by molar-refractivity contribution is 0.218. The second-order valence-corrected chi connectivity index (χ2v) is 7.16. The summed E-state index contributed by atoms with van der Waals surface area (Å²) in [7, 11) is 2.11. The monoisotopic (exact) mass is 337 g/mol. The van der Waals surface area contributed by atoms with Gasteiger partial charge in [-0.05, 0) is 49.4 Å². The molecule has 1 aliphatic rings. The maximum absolute atomic E-state index is 3.55. The van der Waals surface area contributed by atoms with Gasteiger partial charge in [0.2, 0.25) is 0 Å². The average Bonchev–Trinajstić information content (AvgIpc) is 2.49. The van der Waals surface area contributed by atoms with E-state index in [0.717, 1.165) is 11.8 Å². The SMILES string of the molecule is CCCCC1CCC(C(NC)c2ccc(Br)cc2)CC1. The molecule has 0 bridgehead atoms. The van der Waals surface area contributed by atoms with Crippen molar-refractivity contribution in [3.8, 4) is 0 Å². The van der Waals surface area contributed by atoms with Crippen molar-refractivity contribution in [2.45, 2.75) is 57.9 Å². The van der Waals surface area contributed by atoms with E-state index in [1.165, 1.54) is 55.0 Å². The van der Waals surface area contributed by atoms with Gasteiger partial charge in [-0.15, -0.1) is 0 Å². The van der Waals surface area contributed by atoms with Gasteiger partial charge in [0.25, 0.3) is 0 Å². The van der Waals surface area contributed by atoms with E-state index in [1.807, 2.05) is 0 Å². The molecule has 0 heterocycles. The van der Waals surface area contributed by atoms with Gasteiger partial charge >= 0.3 is 0 Å². The van der Waals surface area contributed by atoms with Gasteiger partial charge in [-0.1, -0.05) is 67.1 Å². The highest BCUT2D eigenvalue weighted by Crippen LogP contribution is 2.38. The van der Waals surface area contributed by atoms with E-state index in [2.05, 4.69) is 59.5 Å². The first-order valence-electron chi connectivity index (χ1n) is 8.17. The quantitative estimate of drug-likeness (QED) is 0.701. The van der Waals surface area contributed by atoms with Crippen LogP contribution in [-0.2, 0) is 0 Å². The maximum atomic E-state index is 3.55. The summed E-state index contributed by atoms with van der Waals surface area (Å²) >= 11 is 3.52. The van der Waals surface area contributed by atoms with Gasteiger partial charge < -0.3 is 5.32 Å². The third-order valence-electron chi connectivity index (χ3n) is 4.87. The Balaban J connectivity index is 1.91. The Hall–Kier alpha value is -0.340. The van der Waals surface area contributed by atoms with Crippen LogP contribution in [0.5, 0.6) is 0 Å². The van der Waals surface area contributed by atoms with Crippen LogP contribution in [0.15, 0.2) is 28.7 Å². The molecule has 0 spiro atoms. The molecule has 0 radical (unpaired) electrons. The molecule has 20 heavy (non-hydrogen) atoms. The Labute approximate surface area is 132 Å². The van der Waals surface area contributed by atoms with Crippen LogP contribution in [0.25, 0.3) is 0 Å². The van der Waals surface area contributed by atoms with Crippen LogP contribution in [0.1, 0.15) is 63.5 Å². The summed E-state index contributed by atoms with van der Waals surface area (Å²) in [6, 6.07) is 9.36. The standard InChI is InChI=1S/C18H28BrN/c1-3-4-5-14-6-8-15(9-7-14)18(20-2)16-10-12-17(19)13-11-16/h10-15,18,20H,3-9H2,1-2H3. The molecule has 1 saturated carbocycles. The van der Waals surface area contributed by atoms with E-state index in [0.29, 0.717) is 6.04 Å². The summed E-state index contributed by atoms with van der Waals surface area (Å²) in [5.74, 6) is 1.80. The van der Waals surface area contributed by atoms with Crippen LogP contribution >= 0.6 is 15.9 Å². The molecular weight excluding hydrogens is 310 g/mol. The summed E-state index contributed by atoms with van der Waals surface area (Å²) < 4.78 is 1.17. The number of halogens is 1. The van der Waals surface area contributed by atoms with Gasteiger partial charge in [-0.25, -0.2) is 0 Å². The van der Waals surface area contributed by atoms with Gasteiger partial charge in [0.05, 0.1) is 0 Å². The van der Waals surface area contributed by atoms with Crippen LogP contribution in [0.4, 0.5) is 0 Å². The fraction of sp³-hybridized carbons (Fsp3) is 0.667. The zero-order valence-corrected chi connectivity index (χ0v) is 14.5. The van der Waals surface area contributed by atoms with Gasteiger partial charge in [-0.2, -0.15) is 0 Å². The highest BCUT2D eigenvalue weighted by atomic mass is 79.9. The first kappa shape index (κ1) is 16.0. The van der Waals surface area contributed by atoms with E-state index in [9.17, 15) is 0 Å². The van der Waals surface area contributed by atoms with E-state index in [4.69, 9.17) is 0 Å². The number of nitrogens with one attached hydrogen (secondary N) is 1. The molecule has 1 unspecified atom stereocenters. The first-order valence-corrected chi connectivity index (χ1v) is 8.96. The van der Waals surface area contributed by atoms with E-state index >= 15 is 0 Å². The third kappa shape index (κ3) is 4.33. The van der Waals surface area contributed by atoms with Gasteiger partial charge in [0.1, 0.15) is 0 Å². The lowest BCUT2D eigenvalue weighted by Gasteiger charge is -2.34. The van der Waals surface area contributed by atoms with Crippen molar-refractivity contribution < 1.29 is 0 Å². The van der Waals surface area contributed by atoms with Gasteiger partial charge in [0, 0.05) is 10.5 Å². The number of hydrogen-bond donors (Lipinski definition) is 1. The van der Waals surface area contributed by atoms with Crippen molar-refractivity contribution in [2.75, 3.05) is 7.05 Å². The number of unbranched alkanes of at least 4 members (excludes halogenated alkanes) is 1. The summed E-state index contributed by atoms with van der Waals surface area (Å²) in [4.78, 5) is 0. The summed E-state index contributed by atoms with van der Waals surface area (Å²) in [5.41, 5.74) is 1.44. The molecule has 2 rings (SSSR count).